The molecular formula is C22H19N3O2S2. The Morgan fingerprint density at radius 3 is 2.83 bits per heavy atom. The molecular weight excluding hydrogens is 402 g/mol. The predicted molar refractivity (Wildman–Crippen MR) is 120 cm³/mol. The lowest BCUT2D eigenvalue weighted by Gasteiger charge is -1.98. The van der Waals surface area contributed by atoms with E-state index in [0.29, 0.717) is 16.5 Å². The Morgan fingerprint density at radius 2 is 2.00 bits per heavy atom. The smallest absolute Gasteiger partial charge is 0.293 e. The number of aryl methyl sites for hydroxylation is 2. The average Bonchev–Trinajstić information content (AvgIpc) is 3.30. The zero-order valence-electron chi connectivity index (χ0n) is 16.0. The summed E-state index contributed by atoms with van der Waals surface area (Å²) in [5.74, 6) is 0.772. The van der Waals surface area contributed by atoms with E-state index in [4.69, 9.17) is 4.42 Å². The van der Waals surface area contributed by atoms with Gasteiger partial charge in [-0.15, -0.1) is 10.2 Å². The fourth-order valence-electron chi connectivity index (χ4n) is 2.89. The first-order valence-electron chi connectivity index (χ1n) is 9.09. The van der Waals surface area contributed by atoms with Crippen molar-refractivity contribution < 1.29 is 9.21 Å². The van der Waals surface area contributed by atoms with Crippen molar-refractivity contribution in [1.82, 2.24) is 10.2 Å². The molecule has 0 atom stereocenters. The van der Waals surface area contributed by atoms with Crippen molar-refractivity contribution in [2.75, 3.05) is 11.1 Å². The number of hydrogen-bond donors (Lipinski definition) is 1. The van der Waals surface area contributed by atoms with E-state index in [1.165, 1.54) is 11.3 Å². The molecule has 2 aromatic heterocycles. The van der Waals surface area contributed by atoms with Crippen molar-refractivity contribution in [2.45, 2.75) is 18.2 Å². The minimum Gasteiger partial charge on any atom is -0.451 e. The van der Waals surface area contributed by atoms with Crippen molar-refractivity contribution in [3.63, 3.8) is 0 Å². The molecule has 2 heterocycles. The van der Waals surface area contributed by atoms with Crippen LogP contribution >= 0.6 is 23.1 Å². The summed E-state index contributed by atoms with van der Waals surface area (Å²) >= 11 is 2.93. The Bertz CT molecular complexity index is 1180. The van der Waals surface area contributed by atoms with E-state index in [0.717, 1.165) is 32.2 Å². The Kier molecular flexibility index (Phi) is 5.78. The summed E-state index contributed by atoms with van der Waals surface area (Å²) in [7, 11) is 0. The number of thioether (sulfide) groups is 1. The number of furan rings is 1. The fourth-order valence-corrected chi connectivity index (χ4v) is 4.47. The zero-order chi connectivity index (χ0) is 20.2. The van der Waals surface area contributed by atoms with Gasteiger partial charge in [0.25, 0.3) is 5.91 Å². The van der Waals surface area contributed by atoms with E-state index in [-0.39, 0.29) is 5.91 Å². The van der Waals surface area contributed by atoms with Gasteiger partial charge in [0.15, 0.2) is 10.1 Å². The predicted octanol–water partition coefficient (Wildman–Crippen LogP) is 5.96. The van der Waals surface area contributed by atoms with Crippen LogP contribution in [0.3, 0.4) is 0 Å². The maximum atomic E-state index is 12.6. The standard InChI is InChI=1S/C22H19N3O2S2/c1-14-10-11-17-15(2)19(27-18(17)13-14)20(26)23-21-24-25-22(29-21)28-12-6-9-16-7-4-3-5-8-16/h3-11,13H,12H2,1-2H3,(H,23,24,26)/b9-6+. The van der Waals surface area contributed by atoms with Gasteiger partial charge < -0.3 is 4.42 Å². The Morgan fingerprint density at radius 1 is 1.17 bits per heavy atom. The normalized spacial score (nSPS) is 11.4. The SMILES string of the molecule is Cc1ccc2c(C)c(C(=O)Nc3nnc(SC/C=C/c4ccccc4)s3)oc2c1. The summed E-state index contributed by atoms with van der Waals surface area (Å²) in [6, 6.07) is 16.0. The molecule has 2 aromatic carbocycles. The van der Waals surface area contributed by atoms with Gasteiger partial charge in [-0.25, -0.2) is 0 Å². The van der Waals surface area contributed by atoms with Crippen LogP contribution in [-0.4, -0.2) is 21.9 Å². The van der Waals surface area contributed by atoms with E-state index in [2.05, 4.69) is 39.8 Å². The van der Waals surface area contributed by atoms with Crippen molar-refractivity contribution in [1.29, 1.82) is 0 Å². The summed E-state index contributed by atoms with van der Waals surface area (Å²) < 4.78 is 6.57. The van der Waals surface area contributed by atoms with E-state index >= 15 is 0 Å². The minimum absolute atomic E-state index is 0.306. The first kappa shape index (κ1) is 19.4. The number of fused-ring (bicyclic) bond motifs is 1. The van der Waals surface area contributed by atoms with Crippen LogP contribution in [-0.2, 0) is 0 Å². The first-order valence-corrected chi connectivity index (χ1v) is 10.9. The maximum Gasteiger partial charge on any atom is 0.293 e. The van der Waals surface area contributed by atoms with Crippen LogP contribution in [0.25, 0.3) is 17.0 Å². The molecule has 0 bridgehead atoms. The second-order valence-electron chi connectivity index (χ2n) is 6.51. The third-order valence-electron chi connectivity index (χ3n) is 4.34. The van der Waals surface area contributed by atoms with Gasteiger partial charge in [-0.3, -0.25) is 10.1 Å². The first-order chi connectivity index (χ1) is 14.1. The molecule has 0 unspecified atom stereocenters. The van der Waals surface area contributed by atoms with Gasteiger partial charge in [-0.05, 0) is 31.0 Å². The highest BCUT2D eigenvalue weighted by Gasteiger charge is 2.19. The number of carbonyl (C=O) groups excluding carboxylic acids is 1. The third kappa shape index (κ3) is 4.58. The van der Waals surface area contributed by atoms with Gasteiger partial charge in [0.1, 0.15) is 5.58 Å². The Balaban J connectivity index is 1.38. The van der Waals surface area contributed by atoms with Crippen molar-refractivity contribution in [2.24, 2.45) is 0 Å². The molecule has 0 spiro atoms. The second-order valence-corrected chi connectivity index (χ2v) is 8.75. The molecule has 146 valence electrons. The highest BCUT2D eigenvalue weighted by molar-refractivity contribution is 8.01. The molecule has 4 rings (SSSR count). The van der Waals surface area contributed by atoms with Crippen molar-refractivity contribution in [3.05, 3.63) is 77.1 Å². The number of nitrogens with zero attached hydrogens (tertiary/aromatic N) is 2. The molecule has 1 N–H and O–H groups in total. The summed E-state index contributed by atoms with van der Waals surface area (Å²) in [5, 5.41) is 12.4. The number of amides is 1. The zero-order valence-corrected chi connectivity index (χ0v) is 17.6. The lowest BCUT2D eigenvalue weighted by Crippen LogP contribution is -2.11. The molecule has 0 saturated carbocycles. The summed E-state index contributed by atoms with van der Waals surface area (Å²) in [6.45, 7) is 3.88. The van der Waals surface area contributed by atoms with Gasteiger partial charge in [-0.2, -0.15) is 0 Å². The minimum atomic E-state index is -0.312. The van der Waals surface area contributed by atoms with Gasteiger partial charge >= 0.3 is 0 Å². The van der Waals surface area contributed by atoms with E-state index in [1.807, 2.05) is 50.2 Å². The molecule has 29 heavy (non-hydrogen) atoms. The Hall–Kier alpha value is -2.90. The number of nitrogens with one attached hydrogen (secondary N) is 1. The largest absolute Gasteiger partial charge is 0.451 e. The second kappa shape index (κ2) is 8.63. The number of hydrogen-bond acceptors (Lipinski definition) is 6. The van der Waals surface area contributed by atoms with Crippen LogP contribution < -0.4 is 5.32 Å². The van der Waals surface area contributed by atoms with Crippen LogP contribution in [0.4, 0.5) is 5.13 Å². The highest BCUT2D eigenvalue weighted by atomic mass is 32.2. The summed E-state index contributed by atoms with van der Waals surface area (Å²) in [6.07, 6.45) is 4.15. The topological polar surface area (TPSA) is 68.0 Å². The number of carbonyl (C=O) groups is 1. The third-order valence-corrected chi connectivity index (χ3v) is 6.26. The van der Waals surface area contributed by atoms with Crippen LogP contribution in [0.2, 0.25) is 0 Å². The molecule has 0 aliphatic heterocycles. The number of benzene rings is 2. The molecule has 0 aliphatic rings. The summed E-state index contributed by atoms with van der Waals surface area (Å²) in [4.78, 5) is 12.6. The van der Waals surface area contributed by atoms with Crippen LogP contribution in [0.5, 0.6) is 0 Å². The Labute approximate surface area is 176 Å². The fraction of sp³-hybridized carbons (Fsp3) is 0.136. The van der Waals surface area contributed by atoms with Crippen LogP contribution in [0.15, 0.2) is 63.4 Å². The maximum absolute atomic E-state index is 12.6. The molecule has 4 aromatic rings. The molecule has 0 radical (unpaired) electrons. The van der Waals surface area contributed by atoms with Gasteiger partial charge in [0.2, 0.25) is 5.13 Å². The van der Waals surface area contributed by atoms with E-state index < -0.39 is 0 Å². The van der Waals surface area contributed by atoms with Crippen LogP contribution in [0, 0.1) is 13.8 Å². The molecule has 1 amide bonds. The number of rotatable bonds is 6. The van der Waals surface area contributed by atoms with Crippen molar-refractivity contribution in [3.8, 4) is 0 Å². The molecule has 0 aliphatic carbocycles. The van der Waals surface area contributed by atoms with E-state index in [9.17, 15) is 4.79 Å². The molecule has 0 saturated heterocycles. The number of anilines is 1. The quantitative estimate of drug-likeness (QED) is 0.307. The summed E-state index contributed by atoms with van der Waals surface area (Å²) in [5.41, 5.74) is 3.79. The van der Waals surface area contributed by atoms with E-state index in [1.54, 1.807) is 11.8 Å². The van der Waals surface area contributed by atoms with Gasteiger partial charge in [0.05, 0.1) is 0 Å². The monoisotopic (exact) mass is 421 g/mol. The lowest BCUT2D eigenvalue weighted by atomic mass is 10.1. The van der Waals surface area contributed by atoms with Gasteiger partial charge in [-0.1, -0.05) is 77.7 Å². The van der Waals surface area contributed by atoms with Crippen LogP contribution in [0.1, 0.15) is 27.2 Å². The molecule has 7 heteroatoms. The molecule has 0 fully saturated rings. The molecule has 5 nitrogen and oxygen atoms in total. The highest BCUT2D eigenvalue weighted by Crippen LogP contribution is 2.29. The van der Waals surface area contributed by atoms with Gasteiger partial charge in [0, 0.05) is 16.7 Å². The van der Waals surface area contributed by atoms with Crippen molar-refractivity contribution >= 4 is 51.2 Å². The number of aromatic nitrogens is 2. The average molecular weight is 422 g/mol. The lowest BCUT2D eigenvalue weighted by molar-refractivity contribution is 0.0998.